The molecule has 0 atom stereocenters. The first kappa shape index (κ1) is 16.6. The van der Waals surface area contributed by atoms with Gasteiger partial charge in [-0.15, -0.1) is 0 Å². The van der Waals surface area contributed by atoms with Crippen molar-refractivity contribution in [2.75, 3.05) is 12.4 Å². The van der Waals surface area contributed by atoms with Crippen molar-refractivity contribution < 1.29 is 9.53 Å². The number of hydrogen-bond acceptors (Lipinski definition) is 3. The highest BCUT2D eigenvalue weighted by atomic mass is 35.5. The molecule has 0 aliphatic rings. The molecule has 0 aliphatic carbocycles. The second-order valence-electron chi connectivity index (χ2n) is 5.22. The Morgan fingerprint density at radius 3 is 2.83 bits per heavy atom. The number of nitrogens with one attached hydrogen (secondary N) is 1. The average molecular weight is 364 g/mol. The number of halogens is 2. The van der Waals surface area contributed by atoms with Gasteiger partial charge in [0.1, 0.15) is 5.75 Å². The highest BCUT2D eigenvalue weighted by Crippen LogP contribution is 2.27. The third-order valence-electron chi connectivity index (χ3n) is 3.59. The predicted molar refractivity (Wildman–Crippen MR) is 96.0 cm³/mol. The first-order valence-corrected chi connectivity index (χ1v) is 8.07. The number of carbonyl (C=O) groups excluding carboxylic acids is 1. The summed E-state index contributed by atoms with van der Waals surface area (Å²) in [6.07, 6.45) is 2.03. The molecule has 0 spiro atoms. The van der Waals surface area contributed by atoms with Crippen molar-refractivity contribution in [2.45, 2.75) is 13.0 Å². The van der Waals surface area contributed by atoms with Crippen LogP contribution in [0.3, 0.4) is 0 Å². The number of ether oxygens (including phenoxy) is 1. The maximum Gasteiger partial charge on any atom is 0.226 e. The first-order valence-electron chi connectivity index (χ1n) is 7.31. The molecule has 24 heavy (non-hydrogen) atoms. The Morgan fingerprint density at radius 1 is 1.25 bits per heavy atom. The summed E-state index contributed by atoms with van der Waals surface area (Å²) in [4.78, 5) is 12.1. The topological polar surface area (TPSA) is 56.1 Å². The summed E-state index contributed by atoms with van der Waals surface area (Å²) >= 11 is 12.0. The van der Waals surface area contributed by atoms with E-state index in [0.29, 0.717) is 34.4 Å². The molecular weight excluding hydrogens is 349 g/mol. The molecule has 2 aromatic carbocycles. The third kappa shape index (κ3) is 3.63. The highest BCUT2D eigenvalue weighted by molar-refractivity contribution is 6.32. The highest BCUT2D eigenvalue weighted by Gasteiger charge is 2.08. The van der Waals surface area contributed by atoms with Crippen molar-refractivity contribution in [3.8, 4) is 5.75 Å². The first-order chi connectivity index (χ1) is 11.6. The van der Waals surface area contributed by atoms with Gasteiger partial charge in [-0.3, -0.25) is 9.48 Å². The molecule has 0 radical (unpaired) electrons. The second-order valence-corrected chi connectivity index (χ2v) is 6.06. The van der Waals surface area contributed by atoms with Crippen molar-refractivity contribution in [1.82, 2.24) is 9.78 Å². The van der Waals surface area contributed by atoms with E-state index in [1.54, 1.807) is 36.2 Å². The largest absolute Gasteiger partial charge is 0.495 e. The Morgan fingerprint density at radius 2 is 2.08 bits per heavy atom. The lowest BCUT2D eigenvalue weighted by molar-refractivity contribution is -0.116. The van der Waals surface area contributed by atoms with Crippen LogP contribution in [-0.4, -0.2) is 22.8 Å². The molecule has 0 aliphatic heterocycles. The number of anilines is 1. The lowest BCUT2D eigenvalue weighted by Gasteiger charge is -2.08. The van der Waals surface area contributed by atoms with Crippen molar-refractivity contribution in [1.29, 1.82) is 0 Å². The number of methoxy groups -OCH3 is 1. The van der Waals surface area contributed by atoms with Gasteiger partial charge in [0.25, 0.3) is 0 Å². The van der Waals surface area contributed by atoms with Crippen LogP contribution in [0.25, 0.3) is 10.9 Å². The summed E-state index contributed by atoms with van der Waals surface area (Å²) in [5.41, 5.74) is 1.57. The number of fused-ring (bicyclic) bond motifs is 1. The Bertz CT molecular complexity index is 893. The fourth-order valence-corrected chi connectivity index (χ4v) is 2.85. The minimum absolute atomic E-state index is 0.117. The van der Waals surface area contributed by atoms with Crippen molar-refractivity contribution in [3.05, 3.63) is 52.6 Å². The van der Waals surface area contributed by atoms with E-state index in [4.69, 9.17) is 27.9 Å². The molecule has 1 amide bonds. The number of rotatable bonds is 5. The number of hydrogen-bond donors (Lipinski definition) is 1. The summed E-state index contributed by atoms with van der Waals surface area (Å²) < 4.78 is 6.87. The average Bonchev–Trinajstić information content (AvgIpc) is 2.95. The zero-order chi connectivity index (χ0) is 17.1. The minimum Gasteiger partial charge on any atom is -0.495 e. The maximum atomic E-state index is 12.1. The van der Waals surface area contributed by atoms with E-state index in [1.807, 2.05) is 18.2 Å². The molecule has 1 N–H and O–H groups in total. The zero-order valence-corrected chi connectivity index (χ0v) is 14.4. The smallest absolute Gasteiger partial charge is 0.226 e. The number of benzene rings is 2. The summed E-state index contributed by atoms with van der Waals surface area (Å²) in [6, 6.07) is 10.7. The van der Waals surface area contributed by atoms with E-state index in [9.17, 15) is 4.79 Å². The molecule has 0 saturated heterocycles. The molecule has 0 saturated carbocycles. The summed E-state index contributed by atoms with van der Waals surface area (Å²) in [5, 5.41) is 9.17. The van der Waals surface area contributed by atoms with Crippen LogP contribution in [0.2, 0.25) is 10.0 Å². The van der Waals surface area contributed by atoms with Gasteiger partial charge in [0.05, 0.1) is 30.4 Å². The summed E-state index contributed by atoms with van der Waals surface area (Å²) in [5.74, 6) is 0.449. The van der Waals surface area contributed by atoms with E-state index in [1.165, 1.54) is 0 Å². The molecule has 1 heterocycles. The molecule has 1 aromatic heterocycles. The zero-order valence-electron chi connectivity index (χ0n) is 12.9. The summed E-state index contributed by atoms with van der Waals surface area (Å²) in [6.45, 7) is 0.473. The fourth-order valence-electron chi connectivity index (χ4n) is 2.41. The number of aromatic nitrogens is 2. The lowest BCUT2D eigenvalue weighted by atomic mass is 10.2. The van der Waals surface area contributed by atoms with Crippen LogP contribution >= 0.6 is 23.2 Å². The van der Waals surface area contributed by atoms with Crippen LogP contribution in [0.5, 0.6) is 5.75 Å². The van der Waals surface area contributed by atoms with Crippen LogP contribution in [-0.2, 0) is 11.3 Å². The van der Waals surface area contributed by atoms with Crippen LogP contribution in [0.4, 0.5) is 5.69 Å². The van der Waals surface area contributed by atoms with Gasteiger partial charge in [-0.1, -0.05) is 23.2 Å². The van der Waals surface area contributed by atoms with Gasteiger partial charge in [0.2, 0.25) is 5.91 Å². The lowest BCUT2D eigenvalue weighted by Crippen LogP contribution is -2.15. The van der Waals surface area contributed by atoms with Gasteiger partial charge in [0.15, 0.2) is 0 Å². The van der Waals surface area contributed by atoms with Gasteiger partial charge in [-0.2, -0.15) is 5.10 Å². The monoisotopic (exact) mass is 363 g/mol. The molecule has 0 fully saturated rings. The third-order valence-corrected chi connectivity index (χ3v) is 4.12. The Labute approximate surface area is 149 Å². The molecule has 3 rings (SSSR count). The van der Waals surface area contributed by atoms with Gasteiger partial charge in [0, 0.05) is 22.5 Å². The minimum atomic E-state index is -0.117. The maximum absolute atomic E-state index is 12.1. The number of aryl methyl sites for hydroxylation is 1. The van der Waals surface area contributed by atoms with Crippen LogP contribution in [0.1, 0.15) is 6.42 Å². The number of nitrogens with zero attached hydrogens (tertiary/aromatic N) is 2. The van der Waals surface area contributed by atoms with Gasteiger partial charge < -0.3 is 10.1 Å². The van der Waals surface area contributed by atoms with E-state index < -0.39 is 0 Å². The molecule has 5 nitrogen and oxygen atoms in total. The van der Waals surface area contributed by atoms with Crippen molar-refractivity contribution in [2.24, 2.45) is 0 Å². The molecule has 3 aromatic rings. The van der Waals surface area contributed by atoms with Crippen LogP contribution in [0.15, 0.2) is 42.6 Å². The molecule has 0 unspecified atom stereocenters. The van der Waals surface area contributed by atoms with Gasteiger partial charge in [-0.25, -0.2) is 0 Å². The quantitative estimate of drug-likeness (QED) is 0.731. The van der Waals surface area contributed by atoms with E-state index in [-0.39, 0.29) is 5.91 Å². The molecular formula is C17H15Cl2N3O2. The number of amides is 1. The molecule has 7 heteroatoms. The van der Waals surface area contributed by atoms with Gasteiger partial charge >= 0.3 is 0 Å². The standard InChI is InChI=1S/C17H15Cl2N3O2/c1-24-16-5-3-13(9-14(16)19)21-17(23)6-7-22-15-4-2-12(18)8-11(15)10-20-22/h2-5,8-10H,6-7H2,1H3,(H,21,23). The van der Waals surface area contributed by atoms with Crippen molar-refractivity contribution in [3.63, 3.8) is 0 Å². The predicted octanol–water partition coefficient (Wildman–Crippen LogP) is 4.38. The normalized spacial score (nSPS) is 10.8. The summed E-state index contributed by atoms with van der Waals surface area (Å²) in [7, 11) is 1.54. The van der Waals surface area contributed by atoms with Crippen molar-refractivity contribution >= 4 is 45.7 Å². The van der Waals surface area contributed by atoms with Crippen LogP contribution in [0, 0.1) is 0 Å². The molecule has 124 valence electrons. The van der Waals surface area contributed by atoms with E-state index in [0.717, 1.165) is 10.9 Å². The second kappa shape index (κ2) is 7.11. The Balaban J connectivity index is 1.63. The van der Waals surface area contributed by atoms with E-state index >= 15 is 0 Å². The van der Waals surface area contributed by atoms with E-state index in [2.05, 4.69) is 10.4 Å². The Hall–Kier alpha value is -2.24. The number of carbonyl (C=O) groups is 1. The van der Waals surface area contributed by atoms with Gasteiger partial charge in [-0.05, 0) is 36.4 Å². The van der Waals surface area contributed by atoms with Crippen LogP contribution < -0.4 is 10.1 Å². The SMILES string of the molecule is COc1ccc(NC(=O)CCn2ncc3cc(Cl)ccc32)cc1Cl. The Kier molecular flexibility index (Phi) is 4.92. The fraction of sp³-hybridized carbons (Fsp3) is 0.176. The molecule has 0 bridgehead atoms.